The number of alkyl halides is 3. The highest BCUT2D eigenvalue weighted by molar-refractivity contribution is 7.90. The predicted molar refractivity (Wildman–Crippen MR) is 120 cm³/mol. The van der Waals surface area contributed by atoms with Gasteiger partial charge in [0.25, 0.3) is 5.56 Å². The summed E-state index contributed by atoms with van der Waals surface area (Å²) in [6, 6.07) is 15.4. The van der Waals surface area contributed by atoms with Gasteiger partial charge in [-0.2, -0.15) is 18.7 Å². The Hall–Kier alpha value is -4.19. The molecule has 0 fully saturated rings. The van der Waals surface area contributed by atoms with Crippen LogP contribution < -0.4 is 15.9 Å². The van der Waals surface area contributed by atoms with Gasteiger partial charge in [-0.05, 0) is 54.6 Å². The fourth-order valence-electron chi connectivity index (χ4n) is 3.27. The zero-order chi connectivity index (χ0) is 25.4. The first kappa shape index (κ1) is 24.0. The zero-order valence-corrected chi connectivity index (χ0v) is 18.7. The Morgan fingerprint density at radius 3 is 2.34 bits per heavy atom. The Bertz CT molecular complexity index is 1600. The number of benzene rings is 3. The quantitative estimate of drug-likeness (QED) is 0.418. The van der Waals surface area contributed by atoms with E-state index in [1.165, 1.54) is 42.5 Å². The van der Waals surface area contributed by atoms with Crippen molar-refractivity contribution in [2.24, 2.45) is 0 Å². The molecule has 0 spiro atoms. The molecule has 1 N–H and O–H groups in total. The first-order chi connectivity index (χ1) is 16.4. The van der Waals surface area contributed by atoms with Gasteiger partial charge in [-0.25, -0.2) is 13.4 Å². The van der Waals surface area contributed by atoms with Gasteiger partial charge in [0.15, 0.2) is 21.3 Å². The topological polar surface area (TPSA) is 107 Å². The molecule has 1 aromatic heterocycles. The van der Waals surface area contributed by atoms with Crippen molar-refractivity contribution in [3.8, 4) is 11.4 Å². The maximum atomic E-state index is 13.2. The highest BCUT2D eigenvalue weighted by atomic mass is 32.2. The van der Waals surface area contributed by atoms with Crippen LogP contribution in [0.2, 0.25) is 0 Å². The van der Waals surface area contributed by atoms with Gasteiger partial charge in [-0.3, -0.25) is 14.2 Å². The Morgan fingerprint density at radius 1 is 1.00 bits per heavy atom. The molecule has 0 aliphatic heterocycles. The summed E-state index contributed by atoms with van der Waals surface area (Å²) in [6.45, 7) is 0. The fourth-order valence-corrected chi connectivity index (χ4v) is 3.90. The molecule has 0 saturated carbocycles. The molecular formula is C23H16F3N3O5S. The maximum Gasteiger partial charge on any atom is 0.416 e. The monoisotopic (exact) mass is 503 g/mol. The number of carbonyl (C=O) groups is 1. The second kappa shape index (κ2) is 8.87. The molecule has 3 aromatic carbocycles. The maximum absolute atomic E-state index is 13.2. The molecule has 12 heteroatoms. The number of hydrogen-bond acceptors (Lipinski definition) is 6. The van der Waals surface area contributed by atoms with E-state index < -0.39 is 38.7 Å². The van der Waals surface area contributed by atoms with Crippen molar-refractivity contribution in [1.29, 1.82) is 0 Å². The van der Waals surface area contributed by atoms with Gasteiger partial charge in [-0.15, -0.1) is 0 Å². The molecule has 8 nitrogen and oxygen atoms in total. The molecule has 0 aliphatic rings. The number of carbonyl (C=O) groups excluding carboxylic acids is 1. The summed E-state index contributed by atoms with van der Waals surface area (Å²) in [4.78, 5) is 35.2. The molecule has 0 unspecified atom stereocenters. The van der Waals surface area contributed by atoms with Crippen LogP contribution in [0.4, 0.5) is 13.2 Å². The number of sulfone groups is 1. The Labute approximate surface area is 196 Å². The zero-order valence-electron chi connectivity index (χ0n) is 17.9. The average molecular weight is 503 g/mol. The van der Waals surface area contributed by atoms with Gasteiger partial charge in [0.1, 0.15) is 0 Å². The number of fused-ring (bicyclic) bond motifs is 1. The molecule has 4 rings (SSSR count). The number of nitrogens with one attached hydrogen (secondary N) is 1. The summed E-state index contributed by atoms with van der Waals surface area (Å²) in [5.41, 5.74) is -0.208. The van der Waals surface area contributed by atoms with Crippen LogP contribution in [0.3, 0.4) is 0 Å². The molecule has 0 atom stereocenters. The van der Waals surface area contributed by atoms with E-state index in [4.69, 9.17) is 4.84 Å². The first-order valence-electron chi connectivity index (χ1n) is 9.92. The van der Waals surface area contributed by atoms with E-state index in [-0.39, 0.29) is 27.4 Å². The number of aromatic nitrogens is 2. The third-order valence-corrected chi connectivity index (χ3v) is 6.05. The second-order valence-electron chi connectivity index (χ2n) is 7.41. The van der Waals surface area contributed by atoms with E-state index in [1.54, 1.807) is 12.1 Å². The van der Waals surface area contributed by atoms with Crippen molar-refractivity contribution in [3.63, 3.8) is 0 Å². The van der Waals surface area contributed by atoms with Crippen molar-refractivity contribution in [2.75, 3.05) is 6.26 Å². The van der Waals surface area contributed by atoms with Crippen LogP contribution in [0.25, 0.3) is 16.7 Å². The molecule has 1 amide bonds. The number of halogens is 3. The molecule has 0 aliphatic carbocycles. The largest absolute Gasteiger partial charge is 0.416 e. The van der Waals surface area contributed by atoms with Gasteiger partial charge in [0.2, 0.25) is 0 Å². The fraction of sp³-hybridized carbons (Fsp3) is 0.0870. The van der Waals surface area contributed by atoms with Crippen LogP contribution in [0.1, 0.15) is 16.1 Å². The lowest BCUT2D eigenvalue weighted by molar-refractivity contribution is -0.137. The van der Waals surface area contributed by atoms with Crippen molar-refractivity contribution >= 4 is 26.8 Å². The summed E-state index contributed by atoms with van der Waals surface area (Å²) >= 11 is 0. The lowest BCUT2D eigenvalue weighted by atomic mass is 10.1. The van der Waals surface area contributed by atoms with E-state index in [2.05, 4.69) is 4.98 Å². The van der Waals surface area contributed by atoms with E-state index in [9.17, 15) is 31.2 Å². The molecule has 0 saturated heterocycles. The predicted octanol–water partition coefficient (Wildman–Crippen LogP) is 3.53. The molecular weight excluding hydrogens is 487 g/mol. The summed E-state index contributed by atoms with van der Waals surface area (Å²) < 4.78 is 63.8. The lowest BCUT2D eigenvalue weighted by Gasteiger charge is -2.14. The first-order valence-corrected chi connectivity index (χ1v) is 11.8. The van der Waals surface area contributed by atoms with Gasteiger partial charge >= 0.3 is 12.1 Å². The van der Waals surface area contributed by atoms with Gasteiger partial charge in [0, 0.05) is 11.9 Å². The van der Waals surface area contributed by atoms with E-state index in [0.29, 0.717) is 0 Å². The van der Waals surface area contributed by atoms with Gasteiger partial charge < -0.3 is 4.84 Å². The molecule has 180 valence electrons. The summed E-state index contributed by atoms with van der Waals surface area (Å²) in [5, 5.41) is 0. The number of amides is 1. The van der Waals surface area contributed by atoms with Crippen molar-refractivity contribution in [1.82, 2.24) is 15.0 Å². The highest BCUT2D eigenvalue weighted by Gasteiger charge is 2.31. The number of nitrogens with zero attached hydrogens (tertiary/aromatic N) is 2. The molecule has 1 heterocycles. The SMILES string of the molecule is CS(=O)(=O)c1ccc(ONC(=O)c2nc3ccccc3n(-c3cccc(C(F)(F)F)c3)c2=O)cc1. The minimum Gasteiger partial charge on any atom is -0.379 e. The third-order valence-electron chi connectivity index (χ3n) is 4.92. The lowest BCUT2D eigenvalue weighted by Crippen LogP contribution is -2.36. The molecule has 4 aromatic rings. The van der Waals surface area contributed by atoms with Crippen molar-refractivity contribution in [2.45, 2.75) is 11.1 Å². The van der Waals surface area contributed by atoms with Gasteiger partial charge in [0.05, 0.1) is 21.5 Å². The van der Waals surface area contributed by atoms with E-state index >= 15 is 0 Å². The minimum absolute atomic E-state index is 0.0383. The summed E-state index contributed by atoms with van der Waals surface area (Å²) in [6.07, 6.45) is -3.60. The average Bonchev–Trinajstić information content (AvgIpc) is 2.81. The normalized spacial score (nSPS) is 11.9. The van der Waals surface area contributed by atoms with Crippen molar-refractivity contribution in [3.05, 3.63) is 94.4 Å². The van der Waals surface area contributed by atoms with Crippen LogP contribution in [0, 0.1) is 0 Å². The van der Waals surface area contributed by atoms with Crippen LogP contribution in [0.5, 0.6) is 5.75 Å². The standard InChI is InChI=1S/C23H16F3N3O5S/c1-35(32,33)17-11-9-16(10-12-17)34-28-21(30)20-22(31)29(19-8-3-2-7-18(19)27-20)15-6-4-5-14(13-15)23(24,25)26/h2-13H,1H3,(H,28,30). The van der Waals surface area contributed by atoms with Crippen LogP contribution in [-0.2, 0) is 16.0 Å². The third kappa shape index (κ3) is 5.01. The van der Waals surface area contributed by atoms with Crippen molar-refractivity contribution < 1.29 is 31.2 Å². The minimum atomic E-state index is -4.64. The Balaban J connectivity index is 1.72. The molecule has 0 bridgehead atoms. The van der Waals surface area contributed by atoms with Crippen LogP contribution in [0.15, 0.2) is 82.5 Å². The van der Waals surface area contributed by atoms with Gasteiger partial charge in [-0.1, -0.05) is 18.2 Å². The Kier molecular flexibility index (Phi) is 6.07. The molecule has 0 radical (unpaired) electrons. The molecule has 35 heavy (non-hydrogen) atoms. The number of para-hydroxylation sites is 2. The van der Waals surface area contributed by atoms with E-state index in [0.717, 1.165) is 29.0 Å². The number of hydroxylamine groups is 1. The number of hydrogen-bond donors (Lipinski definition) is 1. The number of rotatable bonds is 5. The van der Waals surface area contributed by atoms with E-state index in [1.807, 2.05) is 5.48 Å². The summed E-state index contributed by atoms with van der Waals surface area (Å²) in [7, 11) is -3.43. The van der Waals surface area contributed by atoms with Crippen LogP contribution >= 0.6 is 0 Å². The second-order valence-corrected chi connectivity index (χ2v) is 9.43. The smallest absolute Gasteiger partial charge is 0.379 e. The highest BCUT2D eigenvalue weighted by Crippen LogP contribution is 2.30. The van der Waals surface area contributed by atoms with Crippen LogP contribution in [-0.4, -0.2) is 30.1 Å². The Morgan fingerprint density at radius 2 is 1.69 bits per heavy atom. The summed E-state index contributed by atoms with van der Waals surface area (Å²) in [5.74, 6) is -0.974.